The van der Waals surface area contributed by atoms with E-state index in [0.29, 0.717) is 12.3 Å². The maximum absolute atomic E-state index is 14.3. The standard InChI is InChI=1S/C28H28F2N2O4/c1-31(18-21-7-3-2-4-8-21)26(33)17-28(20-35-23-13-11-22(29)12-14-23)19-32(15-16-36-28)27(34)24-9-5-6-10-25(24)30/h2-14H,15-20H2,1H3/t28-/m1/s1. The summed E-state index contributed by atoms with van der Waals surface area (Å²) in [6, 6.07) is 20.9. The maximum atomic E-state index is 14.3. The SMILES string of the molecule is CN(Cc1ccccc1)C(=O)C[C@]1(COc2ccc(F)cc2)CN(C(=O)c2ccccc2F)CCO1. The Bertz CT molecular complexity index is 1190. The molecule has 3 aromatic rings. The predicted molar refractivity (Wildman–Crippen MR) is 130 cm³/mol. The summed E-state index contributed by atoms with van der Waals surface area (Å²) in [5.74, 6) is -1.28. The van der Waals surface area contributed by atoms with E-state index in [2.05, 4.69) is 0 Å². The summed E-state index contributed by atoms with van der Waals surface area (Å²) in [4.78, 5) is 29.5. The van der Waals surface area contributed by atoms with Gasteiger partial charge in [-0.3, -0.25) is 9.59 Å². The van der Waals surface area contributed by atoms with Crippen molar-refractivity contribution in [2.75, 3.05) is 33.4 Å². The van der Waals surface area contributed by atoms with Gasteiger partial charge in [-0.05, 0) is 42.0 Å². The maximum Gasteiger partial charge on any atom is 0.257 e. The second-order valence-corrected chi connectivity index (χ2v) is 8.89. The number of nitrogens with zero attached hydrogens (tertiary/aromatic N) is 2. The van der Waals surface area contributed by atoms with Crippen molar-refractivity contribution >= 4 is 11.8 Å². The van der Waals surface area contributed by atoms with Gasteiger partial charge in [0, 0.05) is 20.1 Å². The molecule has 8 heteroatoms. The first-order valence-corrected chi connectivity index (χ1v) is 11.7. The van der Waals surface area contributed by atoms with E-state index in [1.54, 1.807) is 18.0 Å². The summed E-state index contributed by atoms with van der Waals surface area (Å²) in [6.45, 7) is 0.797. The fourth-order valence-corrected chi connectivity index (χ4v) is 4.17. The molecule has 1 heterocycles. The van der Waals surface area contributed by atoms with Gasteiger partial charge in [0.2, 0.25) is 5.91 Å². The number of carbonyl (C=O) groups excluding carboxylic acids is 2. The van der Waals surface area contributed by atoms with Gasteiger partial charge in [-0.25, -0.2) is 8.78 Å². The molecule has 4 rings (SSSR count). The molecule has 0 spiro atoms. The normalized spacial score (nSPS) is 17.5. The van der Waals surface area contributed by atoms with Crippen molar-refractivity contribution in [1.82, 2.24) is 9.80 Å². The van der Waals surface area contributed by atoms with E-state index in [-0.39, 0.29) is 44.2 Å². The Morgan fingerprint density at radius 3 is 2.42 bits per heavy atom. The first-order valence-electron chi connectivity index (χ1n) is 11.7. The van der Waals surface area contributed by atoms with Crippen molar-refractivity contribution in [3.8, 4) is 5.75 Å². The lowest BCUT2D eigenvalue weighted by Crippen LogP contribution is -2.58. The van der Waals surface area contributed by atoms with Crippen LogP contribution in [0.5, 0.6) is 5.75 Å². The third-order valence-electron chi connectivity index (χ3n) is 6.12. The minimum Gasteiger partial charge on any atom is -0.490 e. The molecule has 36 heavy (non-hydrogen) atoms. The van der Waals surface area contributed by atoms with Crippen molar-refractivity contribution in [3.63, 3.8) is 0 Å². The first-order chi connectivity index (χ1) is 17.3. The highest BCUT2D eigenvalue weighted by molar-refractivity contribution is 5.94. The van der Waals surface area contributed by atoms with Gasteiger partial charge in [0.1, 0.15) is 29.6 Å². The van der Waals surface area contributed by atoms with Crippen LogP contribution >= 0.6 is 0 Å². The van der Waals surface area contributed by atoms with Crippen LogP contribution in [0.25, 0.3) is 0 Å². The van der Waals surface area contributed by atoms with Gasteiger partial charge in [-0.2, -0.15) is 0 Å². The first kappa shape index (κ1) is 25.3. The minimum absolute atomic E-state index is 0.0340. The topological polar surface area (TPSA) is 59.1 Å². The summed E-state index contributed by atoms with van der Waals surface area (Å²) >= 11 is 0. The number of amides is 2. The van der Waals surface area contributed by atoms with Gasteiger partial charge >= 0.3 is 0 Å². The average molecular weight is 495 g/mol. The molecule has 0 saturated carbocycles. The molecule has 188 valence electrons. The molecule has 1 fully saturated rings. The molecule has 0 bridgehead atoms. The minimum atomic E-state index is -1.17. The molecular formula is C28H28F2N2O4. The molecule has 0 aromatic heterocycles. The number of morpholine rings is 1. The van der Waals surface area contributed by atoms with Crippen molar-refractivity contribution in [1.29, 1.82) is 0 Å². The van der Waals surface area contributed by atoms with Gasteiger partial charge in [-0.1, -0.05) is 42.5 Å². The van der Waals surface area contributed by atoms with Crippen LogP contribution in [-0.2, 0) is 16.1 Å². The van der Waals surface area contributed by atoms with Crippen molar-refractivity contribution < 1.29 is 27.8 Å². The zero-order chi connectivity index (χ0) is 25.5. The molecule has 2 amide bonds. The summed E-state index contributed by atoms with van der Waals surface area (Å²) in [5.41, 5.74) is -0.235. The van der Waals surface area contributed by atoms with E-state index in [9.17, 15) is 18.4 Å². The predicted octanol–water partition coefficient (Wildman–Crippen LogP) is 4.30. The zero-order valence-corrected chi connectivity index (χ0v) is 20.0. The summed E-state index contributed by atoms with van der Waals surface area (Å²) in [6.07, 6.45) is -0.0570. The lowest BCUT2D eigenvalue weighted by molar-refractivity contribution is -0.152. The van der Waals surface area contributed by atoms with E-state index in [1.807, 2.05) is 30.3 Å². The van der Waals surface area contributed by atoms with Crippen LogP contribution in [0, 0.1) is 11.6 Å². The lowest BCUT2D eigenvalue weighted by atomic mass is 9.96. The Kier molecular flexibility index (Phi) is 7.95. The summed E-state index contributed by atoms with van der Waals surface area (Å²) in [5, 5.41) is 0. The van der Waals surface area contributed by atoms with Crippen LogP contribution in [0.4, 0.5) is 8.78 Å². The van der Waals surface area contributed by atoms with Crippen LogP contribution in [0.3, 0.4) is 0 Å². The van der Waals surface area contributed by atoms with E-state index in [4.69, 9.17) is 9.47 Å². The second kappa shape index (κ2) is 11.3. The van der Waals surface area contributed by atoms with E-state index >= 15 is 0 Å². The Morgan fingerprint density at radius 2 is 1.69 bits per heavy atom. The number of ether oxygens (including phenoxy) is 2. The summed E-state index contributed by atoms with van der Waals surface area (Å²) < 4.78 is 39.6. The molecule has 0 N–H and O–H groups in total. The highest BCUT2D eigenvalue weighted by atomic mass is 19.1. The number of rotatable bonds is 8. The molecule has 3 aromatic carbocycles. The number of hydrogen-bond donors (Lipinski definition) is 0. The average Bonchev–Trinajstić information content (AvgIpc) is 2.89. The Balaban J connectivity index is 1.53. The second-order valence-electron chi connectivity index (χ2n) is 8.89. The highest BCUT2D eigenvalue weighted by Crippen LogP contribution is 2.27. The van der Waals surface area contributed by atoms with Crippen LogP contribution in [0.15, 0.2) is 78.9 Å². The monoisotopic (exact) mass is 494 g/mol. The van der Waals surface area contributed by atoms with Crippen LogP contribution in [0.2, 0.25) is 0 Å². The Labute approximate surface area is 209 Å². The van der Waals surface area contributed by atoms with E-state index < -0.39 is 23.1 Å². The smallest absolute Gasteiger partial charge is 0.257 e. The fourth-order valence-electron chi connectivity index (χ4n) is 4.17. The molecule has 0 radical (unpaired) electrons. The van der Waals surface area contributed by atoms with E-state index in [1.165, 1.54) is 47.4 Å². The highest BCUT2D eigenvalue weighted by Gasteiger charge is 2.42. The van der Waals surface area contributed by atoms with Crippen molar-refractivity contribution in [2.24, 2.45) is 0 Å². The van der Waals surface area contributed by atoms with Crippen LogP contribution < -0.4 is 4.74 Å². The van der Waals surface area contributed by atoms with Gasteiger partial charge in [0.05, 0.1) is 25.1 Å². The zero-order valence-electron chi connectivity index (χ0n) is 20.0. The third-order valence-corrected chi connectivity index (χ3v) is 6.12. The largest absolute Gasteiger partial charge is 0.490 e. The molecule has 0 unspecified atom stereocenters. The quantitative estimate of drug-likeness (QED) is 0.469. The molecule has 1 saturated heterocycles. The third kappa shape index (κ3) is 6.26. The molecule has 1 aliphatic heterocycles. The number of halogens is 2. The summed E-state index contributed by atoms with van der Waals surface area (Å²) in [7, 11) is 1.70. The van der Waals surface area contributed by atoms with Crippen LogP contribution in [0.1, 0.15) is 22.3 Å². The lowest BCUT2D eigenvalue weighted by Gasteiger charge is -2.42. The van der Waals surface area contributed by atoms with Crippen molar-refractivity contribution in [2.45, 2.75) is 18.6 Å². The van der Waals surface area contributed by atoms with Gasteiger partial charge < -0.3 is 19.3 Å². The van der Waals surface area contributed by atoms with Gasteiger partial charge in [0.15, 0.2) is 0 Å². The Morgan fingerprint density at radius 1 is 1.00 bits per heavy atom. The van der Waals surface area contributed by atoms with Gasteiger partial charge in [-0.15, -0.1) is 0 Å². The number of carbonyl (C=O) groups is 2. The van der Waals surface area contributed by atoms with Gasteiger partial charge in [0.25, 0.3) is 5.91 Å². The molecular weight excluding hydrogens is 466 g/mol. The Hall–Kier alpha value is -3.78. The van der Waals surface area contributed by atoms with Crippen LogP contribution in [-0.4, -0.2) is 60.6 Å². The van der Waals surface area contributed by atoms with E-state index in [0.717, 1.165) is 5.56 Å². The number of hydrogen-bond acceptors (Lipinski definition) is 4. The number of benzene rings is 3. The fraction of sp³-hybridized carbons (Fsp3) is 0.286. The molecule has 1 aliphatic rings. The molecule has 0 aliphatic carbocycles. The molecule has 1 atom stereocenters. The molecule has 6 nitrogen and oxygen atoms in total. The van der Waals surface area contributed by atoms with Crippen molar-refractivity contribution in [3.05, 3.63) is 102 Å².